The largest absolute Gasteiger partial charge is 0.350 e. The Balaban J connectivity index is 1.94. The van der Waals surface area contributed by atoms with Crippen molar-refractivity contribution in [2.75, 3.05) is 39.8 Å². The number of likely N-dealkylation sites (N-methyl/N-ethyl adjacent to an activating group) is 1. The van der Waals surface area contributed by atoms with E-state index in [1.54, 1.807) is 12.1 Å². The Kier molecular flexibility index (Phi) is 5.91. The molecule has 1 aliphatic rings. The summed E-state index contributed by atoms with van der Waals surface area (Å²) < 4.78 is 13.6. The third-order valence-corrected chi connectivity index (χ3v) is 4.37. The van der Waals surface area contributed by atoms with Gasteiger partial charge in [-0.25, -0.2) is 4.39 Å². The molecule has 1 aliphatic heterocycles. The van der Waals surface area contributed by atoms with Crippen molar-refractivity contribution in [3.05, 3.63) is 35.6 Å². The monoisotopic (exact) mass is 307 g/mol. The van der Waals surface area contributed by atoms with Crippen LogP contribution in [0.2, 0.25) is 0 Å². The molecule has 0 saturated carbocycles. The molecular weight excluding hydrogens is 281 g/mol. The van der Waals surface area contributed by atoms with Gasteiger partial charge in [0.15, 0.2) is 0 Å². The topological polar surface area (TPSA) is 35.6 Å². The number of nitrogens with zero attached hydrogens (tertiary/aromatic N) is 2. The van der Waals surface area contributed by atoms with Crippen LogP contribution in [-0.4, -0.2) is 61.5 Å². The fourth-order valence-corrected chi connectivity index (χ4v) is 2.88. The van der Waals surface area contributed by atoms with Gasteiger partial charge in [0.25, 0.3) is 5.91 Å². The number of benzene rings is 1. The molecule has 1 heterocycles. The van der Waals surface area contributed by atoms with Crippen LogP contribution >= 0.6 is 0 Å². The fourth-order valence-electron chi connectivity index (χ4n) is 2.88. The number of piperazine rings is 1. The number of nitrogens with one attached hydrogen (secondary N) is 1. The van der Waals surface area contributed by atoms with Gasteiger partial charge in [0, 0.05) is 38.8 Å². The highest BCUT2D eigenvalue weighted by Gasteiger charge is 2.25. The van der Waals surface area contributed by atoms with Crippen molar-refractivity contribution in [1.29, 1.82) is 0 Å². The van der Waals surface area contributed by atoms with E-state index in [1.807, 2.05) is 0 Å². The number of carbonyl (C=O) groups excluding carboxylic acids is 1. The second-order valence-electron chi connectivity index (χ2n) is 6.34. The molecule has 1 unspecified atom stereocenters. The van der Waals surface area contributed by atoms with Crippen LogP contribution in [0.15, 0.2) is 24.3 Å². The van der Waals surface area contributed by atoms with Crippen LogP contribution in [0.5, 0.6) is 0 Å². The maximum atomic E-state index is 13.6. The Morgan fingerprint density at radius 1 is 1.23 bits per heavy atom. The summed E-state index contributed by atoms with van der Waals surface area (Å²) in [5, 5.41) is 2.90. The van der Waals surface area contributed by atoms with Crippen molar-refractivity contribution in [2.45, 2.75) is 19.9 Å². The van der Waals surface area contributed by atoms with E-state index >= 15 is 0 Å². The van der Waals surface area contributed by atoms with Crippen molar-refractivity contribution in [2.24, 2.45) is 5.92 Å². The first-order valence-electron chi connectivity index (χ1n) is 7.94. The molecule has 0 bridgehead atoms. The van der Waals surface area contributed by atoms with Gasteiger partial charge in [0.05, 0.1) is 5.56 Å². The third-order valence-electron chi connectivity index (χ3n) is 4.37. The molecule has 1 amide bonds. The smallest absolute Gasteiger partial charge is 0.254 e. The zero-order valence-corrected chi connectivity index (χ0v) is 13.7. The predicted molar refractivity (Wildman–Crippen MR) is 86.4 cm³/mol. The maximum Gasteiger partial charge on any atom is 0.254 e. The van der Waals surface area contributed by atoms with Gasteiger partial charge in [-0.2, -0.15) is 0 Å². The zero-order valence-electron chi connectivity index (χ0n) is 13.7. The van der Waals surface area contributed by atoms with E-state index in [2.05, 4.69) is 36.0 Å². The van der Waals surface area contributed by atoms with Gasteiger partial charge in [0.1, 0.15) is 5.82 Å². The molecule has 1 aromatic rings. The second kappa shape index (κ2) is 7.70. The zero-order chi connectivity index (χ0) is 16.1. The average Bonchev–Trinajstić information content (AvgIpc) is 2.49. The lowest BCUT2D eigenvalue weighted by atomic mass is 10.0. The second-order valence-corrected chi connectivity index (χ2v) is 6.34. The standard InChI is InChI=1S/C17H26FN3O/c1-13(2)16(21-10-8-20(3)9-11-21)12-19-17(22)14-6-4-5-7-15(14)18/h4-7,13,16H,8-12H2,1-3H3,(H,19,22). The minimum absolute atomic E-state index is 0.114. The Bertz CT molecular complexity index is 498. The van der Waals surface area contributed by atoms with E-state index in [4.69, 9.17) is 0 Å². The lowest BCUT2D eigenvalue weighted by Crippen LogP contribution is -2.54. The first-order chi connectivity index (χ1) is 10.5. The molecule has 1 atom stereocenters. The Morgan fingerprint density at radius 3 is 2.45 bits per heavy atom. The van der Waals surface area contributed by atoms with E-state index in [1.165, 1.54) is 12.1 Å². The Labute approximate surface area is 132 Å². The molecule has 1 saturated heterocycles. The first-order valence-corrected chi connectivity index (χ1v) is 7.94. The van der Waals surface area contributed by atoms with Gasteiger partial charge < -0.3 is 10.2 Å². The Hall–Kier alpha value is -1.46. The van der Waals surface area contributed by atoms with Gasteiger partial charge in [-0.05, 0) is 25.1 Å². The molecule has 22 heavy (non-hydrogen) atoms. The normalized spacial score (nSPS) is 18.4. The van der Waals surface area contributed by atoms with E-state index in [0.717, 1.165) is 26.2 Å². The van der Waals surface area contributed by atoms with Crippen LogP contribution in [0.3, 0.4) is 0 Å². The summed E-state index contributed by atoms with van der Waals surface area (Å²) in [5.41, 5.74) is 0.114. The number of hydrogen-bond acceptors (Lipinski definition) is 3. The van der Waals surface area contributed by atoms with Crippen molar-refractivity contribution in [1.82, 2.24) is 15.1 Å². The highest BCUT2D eigenvalue weighted by atomic mass is 19.1. The van der Waals surface area contributed by atoms with Crippen molar-refractivity contribution < 1.29 is 9.18 Å². The minimum Gasteiger partial charge on any atom is -0.350 e. The molecule has 0 aliphatic carbocycles. The number of rotatable bonds is 5. The molecule has 1 aromatic carbocycles. The van der Waals surface area contributed by atoms with Crippen molar-refractivity contribution >= 4 is 5.91 Å². The van der Waals surface area contributed by atoms with Crippen molar-refractivity contribution in [3.63, 3.8) is 0 Å². The van der Waals surface area contributed by atoms with E-state index in [9.17, 15) is 9.18 Å². The lowest BCUT2D eigenvalue weighted by Gasteiger charge is -2.39. The van der Waals surface area contributed by atoms with E-state index in [-0.39, 0.29) is 17.5 Å². The number of halogens is 1. The molecule has 1 N–H and O–H groups in total. The molecule has 122 valence electrons. The van der Waals surface area contributed by atoms with Crippen LogP contribution in [0.1, 0.15) is 24.2 Å². The number of amides is 1. The number of carbonyl (C=O) groups is 1. The van der Waals surface area contributed by atoms with E-state index in [0.29, 0.717) is 12.5 Å². The van der Waals surface area contributed by atoms with Gasteiger partial charge in [-0.1, -0.05) is 26.0 Å². The quantitative estimate of drug-likeness (QED) is 0.901. The van der Waals surface area contributed by atoms with E-state index < -0.39 is 5.82 Å². The molecule has 4 nitrogen and oxygen atoms in total. The van der Waals surface area contributed by atoms with Crippen molar-refractivity contribution in [3.8, 4) is 0 Å². The summed E-state index contributed by atoms with van der Waals surface area (Å²) in [6.07, 6.45) is 0. The van der Waals surface area contributed by atoms with Gasteiger partial charge in [-0.3, -0.25) is 9.69 Å². The molecule has 5 heteroatoms. The molecule has 0 aromatic heterocycles. The van der Waals surface area contributed by atoms with Crippen LogP contribution in [0.25, 0.3) is 0 Å². The molecule has 2 rings (SSSR count). The SMILES string of the molecule is CC(C)C(CNC(=O)c1ccccc1F)N1CCN(C)CC1. The first kappa shape index (κ1) is 16.9. The van der Waals surface area contributed by atoms with Crippen LogP contribution < -0.4 is 5.32 Å². The van der Waals surface area contributed by atoms with Crippen LogP contribution in [-0.2, 0) is 0 Å². The number of hydrogen-bond donors (Lipinski definition) is 1. The summed E-state index contributed by atoms with van der Waals surface area (Å²) in [6, 6.07) is 6.38. The van der Waals surface area contributed by atoms with Crippen LogP contribution in [0, 0.1) is 11.7 Å². The lowest BCUT2D eigenvalue weighted by molar-refractivity contribution is 0.0789. The average molecular weight is 307 g/mol. The summed E-state index contributed by atoms with van der Waals surface area (Å²) in [4.78, 5) is 16.9. The van der Waals surface area contributed by atoms with Gasteiger partial charge in [-0.15, -0.1) is 0 Å². The highest BCUT2D eigenvalue weighted by molar-refractivity contribution is 5.94. The maximum absolute atomic E-state index is 13.6. The van der Waals surface area contributed by atoms with Gasteiger partial charge in [0.2, 0.25) is 0 Å². The Morgan fingerprint density at radius 2 is 1.86 bits per heavy atom. The molecule has 0 radical (unpaired) electrons. The molecule has 0 spiro atoms. The summed E-state index contributed by atoms with van der Waals surface area (Å²) in [6.45, 7) is 8.99. The predicted octanol–water partition coefficient (Wildman–Crippen LogP) is 1.83. The third kappa shape index (κ3) is 4.27. The molecular formula is C17H26FN3O. The minimum atomic E-state index is -0.472. The van der Waals surface area contributed by atoms with Gasteiger partial charge >= 0.3 is 0 Å². The summed E-state index contributed by atoms with van der Waals surface area (Å²) in [5.74, 6) is -0.372. The molecule has 1 fully saturated rings. The highest BCUT2D eigenvalue weighted by Crippen LogP contribution is 2.13. The summed E-state index contributed by atoms with van der Waals surface area (Å²) >= 11 is 0. The fraction of sp³-hybridized carbons (Fsp3) is 0.588. The van der Waals surface area contributed by atoms with Crippen LogP contribution in [0.4, 0.5) is 4.39 Å². The summed E-state index contributed by atoms with van der Waals surface area (Å²) in [7, 11) is 2.13.